The fraction of sp³-hybridized carbons (Fsp3) is 0.484. The van der Waals surface area contributed by atoms with Gasteiger partial charge in [0, 0.05) is 50.1 Å². The van der Waals surface area contributed by atoms with Crippen LogP contribution in [0.2, 0.25) is 0 Å². The largest absolute Gasteiger partial charge is 0.492 e. The number of pyridine rings is 1. The van der Waals surface area contributed by atoms with Crippen molar-refractivity contribution in [2.24, 2.45) is 0 Å². The molecule has 226 valence electrons. The molecule has 0 unspecified atom stereocenters. The lowest BCUT2D eigenvalue weighted by atomic mass is 9.91. The molecule has 1 aromatic carbocycles. The summed E-state index contributed by atoms with van der Waals surface area (Å²) in [6.45, 7) is 14.6. The van der Waals surface area contributed by atoms with E-state index in [2.05, 4.69) is 33.9 Å². The summed E-state index contributed by atoms with van der Waals surface area (Å²) < 4.78 is 11.6. The topological polar surface area (TPSA) is 122 Å². The summed E-state index contributed by atoms with van der Waals surface area (Å²) in [5.41, 5.74) is 11.4. The van der Waals surface area contributed by atoms with Crippen molar-refractivity contribution in [1.82, 2.24) is 19.9 Å². The number of nitrogen functional groups attached to an aromatic ring is 1. The second-order valence-corrected chi connectivity index (χ2v) is 11.9. The molecule has 0 saturated carbocycles. The van der Waals surface area contributed by atoms with Gasteiger partial charge in [0.15, 0.2) is 5.82 Å². The molecule has 3 heterocycles. The van der Waals surface area contributed by atoms with E-state index in [9.17, 15) is 4.79 Å². The highest BCUT2D eigenvalue weighted by atomic mass is 16.5. The van der Waals surface area contributed by atoms with E-state index in [1.165, 1.54) is 6.20 Å². The molecule has 0 amide bonds. The monoisotopic (exact) mass is 576 g/mol. The van der Waals surface area contributed by atoms with E-state index in [0.29, 0.717) is 42.0 Å². The van der Waals surface area contributed by atoms with Gasteiger partial charge in [-0.1, -0.05) is 13.8 Å². The first kappa shape index (κ1) is 30.8. The Morgan fingerprint density at radius 3 is 2.57 bits per heavy atom. The first-order valence-corrected chi connectivity index (χ1v) is 14.3. The maximum atomic E-state index is 13.2. The molecule has 1 aliphatic rings. The molecular formula is C31H44N8O3. The van der Waals surface area contributed by atoms with Gasteiger partial charge in [-0.15, -0.1) is 0 Å². The van der Waals surface area contributed by atoms with Crippen molar-refractivity contribution >= 4 is 40.5 Å². The molecule has 3 aromatic rings. The Morgan fingerprint density at radius 1 is 1.17 bits per heavy atom. The molecule has 1 aliphatic heterocycles. The van der Waals surface area contributed by atoms with Gasteiger partial charge in [-0.2, -0.15) is 4.98 Å². The van der Waals surface area contributed by atoms with Crippen LogP contribution in [-0.4, -0.2) is 79.3 Å². The van der Waals surface area contributed by atoms with E-state index in [4.69, 9.17) is 25.2 Å². The van der Waals surface area contributed by atoms with Gasteiger partial charge in [0.05, 0.1) is 41.2 Å². The van der Waals surface area contributed by atoms with E-state index in [1.54, 1.807) is 0 Å². The molecule has 0 atom stereocenters. The van der Waals surface area contributed by atoms with Gasteiger partial charge in [-0.05, 0) is 60.0 Å². The lowest BCUT2D eigenvalue weighted by Gasteiger charge is -2.25. The quantitative estimate of drug-likeness (QED) is 0.239. The maximum Gasteiger partial charge on any atom is 0.343 e. The number of anilines is 6. The zero-order valence-corrected chi connectivity index (χ0v) is 26.3. The number of nitrogens with one attached hydrogen (secondary N) is 1. The van der Waals surface area contributed by atoms with Gasteiger partial charge in [0.1, 0.15) is 11.3 Å². The van der Waals surface area contributed by atoms with Crippen LogP contribution in [0.25, 0.3) is 0 Å². The highest BCUT2D eigenvalue weighted by Gasteiger charge is 2.39. The number of hydrogen-bond acceptors (Lipinski definition) is 11. The first-order chi connectivity index (χ1) is 19.8. The third-order valence-corrected chi connectivity index (χ3v) is 7.05. The number of rotatable bonds is 11. The van der Waals surface area contributed by atoms with Crippen molar-refractivity contribution in [3.8, 4) is 5.75 Å². The molecule has 11 heteroatoms. The Kier molecular flexibility index (Phi) is 9.10. The number of nitrogens with zero attached hydrogens (tertiary/aromatic N) is 6. The summed E-state index contributed by atoms with van der Waals surface area (Å²) in [5, 5.41) is 3.29. The number of hydrogen-bond donors (Lipinski definition) is 2. The van der Waals surface area contributed by atoms with Crippen molar-refractivity contribution in [3.05, 3.63) is 47.4 Å². The lowest BCUT2D eigenvalue weighted by molar-refractivity contribution is 0.0378. The van der Waals surface area contributed by atoms with Crippen LogP contribution in [0.3, 0.4) is 0 Å². The summed E-state index contributed by atoms with van der Waals surface area (Å²) in [6.07, 6.45) is 1.22. The van der Waals surface area contributed by atoms with E-state index < -0.39 is 5.97 Å². The fourth-order valence-electron chi connectivity index (χ4n) is 4.95. The number of aromatic nitrogens is 3. The Labute approximate surface area is 249 Å². The number of ether oxygens (including phenoxy) is 2. The second kappa shape index (κ2) is 12.4. The minimum absolute atomic E-state index is 0.260. The Hall–Kier alpha value is -4.12. The number of benzene rings is 1. The standard InChI is InChI=1S/C31H44N8O3/c1-10-41-26-16-25(38(9)14-13-37(7)8)22(32)15-23(26)35-30-33-17-21(29(40)42-19(2)3)28(36-30)39-18-31(5,6)27-24(39)12-11-20(4)34-27/h11-12,15-17,19H,10,13-14,18,32H2,1-9H3,(H,33,35,36). The summed E-state index contributed by atoms with van der Waals surface area (Å²) in [5.74, 6) is 0.884. The minimum atomic E-state index is -0.484. The van der Waals surface area contributed by atoms with Gasteiger partial charge in [-0.3, -0.25) is 4.98 Å². The van der Waals surface area contributed by atoms with Crippen LogP contribution in [0.1, 0.15) is 56.4 Å². The number of nitrogens with two attached hydrogens (primary N) is 1. The van der Waals surface area contributed by atoms with Gasteiger partial charge in [0.2, 0.25) is 5.95 Å². The average molecular weight is 577 g/mol. The van der Waals surface area contributed by atoms with Crippen molar-refractivity contribution in [2.45, 2.75) is 53.1 Å². The van der Waals surface area contributed by atoms with Crippen LogP contribution in [0.15, 0.2) is 30.5 Å². The Bertz CT molecular complexity index is 1440. The van der Waals surface area contributed by atoms with Crippen LogP contribution in [0.5, 0.6) is 5.75 Å². The minimum Gasteiger partial charge on any atom is -0.492 e. The van der Waals surface area contributed by atoms with Gasteiger partial charge in [-0.25, -0.2) is 9.78 Å². The van der Waals surface area contributed by atoms with Crippen molar-refractivity contribution < 1.29 is 14.3 Å². The molecule has 0 fully saturated rings. The first-order valence-electron chi connectivity index (χ1n) is 14.3. The SMILES string of the molecule is CCOc1cc(N(C)CCN(C)C)c(N)cc1Nc1ncc(C(=O)OC(C)C)c(N2CC(C)(C)c3nc(C)ccc32)n1. The molecule has 0 radical (unpaired) electrons. The summed E-state index contributed by atoms with van der Waals surface area (Å²) >= 11 is 0. The third-order valence-electron chi connectivity index (χ3n) is 7.05. The predicted octanol–water partition coefficient (Wildman–Crippen LogP) is 4.90. The zero-order valence-electron chi connectivity index (χ0n) is 26.3. The van der Waals surface area contributed by atoms with E-state index in [1.807, 2.05) is 78.0 Å². The molecule has 0 saturated heterocycles. The summed E-state index contributed by atoms with van der Waals surface area (Å²) in [7, 11) is 6.09. The Balaban J connectivity index is 1.76. The zero-order chi connectivity index (χ0) is 30.8. The van der Waals surface area contributed by atoms with Crippen LogP contribution in [0.4, 0.5) is 34.5 Å². The number of carbonyl (C=O) groups excluding carboxylic acids is 1. The van der Waals surface area contributed by atoms with Crippen molar-refractivity contribution in [1.29, 1.82) is 0 Å². The number of esters is 1. The van der Waals surface area contributed by atoms with E-state index >= 15 is 0 Å². The normalized spacial score (nSPS) is 13.8. The lowest BCUT2D eigenvalue weighted by Crippen LogP contribution is -2.29. The maximum absolute atomic E-state index is 13.2. The molecular weight excluding hydrogens is 532 g/mol. The van der Waals surface area contributed by atoms with E-state index in [-0.39, 0.29) is 17.1 Å². The summed E-state index contributed by atoms with van der Waals surface area (Å²) in [6, 6.07) is 7.75. The summed E-state index contributed by atoms with van der Waals surface area (Å²) in [4.78, 5) is 33.6. The van der Waals surface area contributed by atoms with E-state index in [0.717, 1.165) is 35.9 Å². The second-order valence-electron chi connectivity index (χ2n) is 11.9. The van der Waals surface area contributed by atoms with Crippen LogP contribution in [-0.2, 0) is 10.2 Å². The third kappa shape index (κ3) is 6.67. The number of carbonyl (C=O) groups is 1. The molecule has 11 nitrogen and oxygen atoms in total. The van der Waals surface area contributed by atoms with Crippen LogP contribution in [0, 0.1) is 6.92 Å². The molecule has 3 N–H and O–H groups in total. The highest BCUT2D eigenvalue weighted by Crippen LogP contribution is 2.44. The molecule has 2 aromatic heterocycles. The molecule has 4 rings (SSSR count). The van der Waals surface area contributed by atoms with Gasteiger partial charge in [0.25, 0.3) is 0 Å². The highest BCUT2D eigenvalue weighted by molar-refractivity contribution is 5.96. The number of aryl methyl sites for hydroxylation is 1. The molecule has 0 aliphatic carbocycles. The van der Waals surface area contributed by atoms with Crippen molar-refractivity contribution in [3.63, 3.8) is 0 Å². The average Bonchev–Trinajstić information content (AvgIpc) is 3.18. The molecule has 0 bridgehead atoms. The number of fused-ring (bicyclic) bond motifs is 1. The predicted molar refractivity (Wildman–Crippen MR) is 169 cm³/mol. The molecule has 42 heavy (non-hydrogen) atoms. The number of likely N-dealkylation sites (N-methyl/N-ethyl adjacent to an activating group) is 2. The smallest absolute Gasteiger partial charge is 0.343 e. The Morgan fingerprint density at radius 2 is 1.90 bits per heavy atom. The molecule has 0 spiro atoms. The van der Waals surface area contributed by atoms with Crippen LogP contribution < -0.4 is 25.6 Å². The van der Waals surface area contributed by atoms with Crippen LogP contribution >= 0.6 is 0 Å². The van der Waals surface area contributed by atoms with Gasteiger partial charge < -0.3 is 35.2 Å². The fourth-order valence-corrected chi connectivity index (χ4v) is 4.95. The van der Waals surface area contributed by atoms with Gasteiger partial charge >= 0.3 is 5.97 Å². The van der Waals surface area contributed by atoms with Crippen molar-refractivity contribution in [2.75, 3.05) is 68.2 Å².